The van der Waals surface area contributed by atoms with E-state index in [-0.39, 0.29) is 0 Å². The Kier molecular flexibility index (Phi) is 3.38. The van der Waals surface area contributed by atoms with Crippen molar-refractivity contribution in [2.45, 2.75) is 32.1 Å². The SMILES string of the molecule is Cc1c(Cl)nc(C2CC2)nc1NCCc1ncc[nH]1. The summed E-state index contributed by atoms with van der Waals surface area (Å²) in [5.41, 5.74) is 0.908. The third kappa shape index (κ3) is 2.87. The van der Waals surface area contributed by atoms with Crippen LogP contribution in [-0.4, -0.2) is 26.5 Å². The van der Waals surface area contributed by atoms with Crippen molar-refractivity contribution in [3.05, 3.63) is 34.8 Å². The Balaban J connectivity index is 1.69. The standard InChI is InChI=1S/C13H16ClN5/c1-8-11(14)18-13(9-2-3-9)19-12(8)17-5-4-10-15-6-7-16-10/h6-7,9H,2-5H2,1H3,(H,15,16)(H,17,18,19). The number of aromatic amines is 1. The highest BCUT2D eigenvalue weighted by Gasteiger charge is 2.27. The van der Waals surface area contributed by atoms with Gasteiger partial charge in [0.05, 0.1) is 0 Å². The third-order valence-corrected chi connectivity index (χ3v) is 3.62. The summed E-state index contributed by atoms with van der Waals surface area (Å²) in [6, 6.07) is 0. The Hall–Kier alpha value is -1.62. The molecular formula is C13H16ClN5. The number of nitrogens with zero attached hydrogens (tertiary/aromatic N) is 3. The summed E-state index contributed by atoms with van der Waals surface area (Å²) in [5, 5.41) is 3.87. The maximum atomic E-state index is 6.16. The first-order chi connectivity index (χ1) is 9.24. The molecule has 0 amide bonds. The molecule has 2 aromatic rings. The summed E-state index contributed by atoms with van der Waals surface area (Å²) in [7, 11) is 0. The molecule has 2 aromatic heterocycles. The van der Waals surface area contributed by atoms with Gasteiger partial charge in [-0.25, -0.2) is 15.0 Å². The number of anilines is 1. The molecule has 0 unspecified atom stereocenters. The van der Waals surface area contributed by atoms with Crippen molar-refractivity contribution >= 4 is 17.4 Å². The number of hydrogen-bond donors (Lipinski definition) is 2. The minimum Gasteiger partial charge on any atom is -0.369 e. The molecule has 100 valence electrons. The van der Waals surface area contributed by atoms with Crippen LogP contribution in [0.5, 0.6) is 0 Å². The summed E-state index contributed by atoms with van der Waals surface area (Å²) >= 11 is 6.16. The van der Waals surface area contributed by atoms with Crippen molar-refractivity contribution in [2.24, 2.45) is 0 Å². The van der Waals surface area contributed by atoms with Crippen LogP contribution in [0.25, 0.3) is 0 Å². The monoisotopic (exact) mass is 277 g/mol. The molecule has 0 aliphatic heterocycles. The van der Waals surface area contributed by atoms with Gasteiger partial charge in [-0.1, -0.05) is 11.6 Å². The molecule has 2 heterocycles. The fourth-order valence-electron chi connectivity index (χ4n) is 1.94. The van der Waals surface area contributed by atoms with Gasteiger partial charge >= 0.3 is 0 Å². The van der Waals surface area contributed by atoms with Crippen LogP contribution < -0.4 is 5.32 Å². The lowest BCUT2D eigenvalue weighted by Gasteiger charge is -2.10. The zero-order valence-electron chi connectivity index (χ0n) is 10.8. The second-order valence-electron chi connectivity index (χ2n) is 4.83. The van der Waals surface area contributed by atoms with Crippen LogP contribution in [0.3, 0.4) is 0 Å². The van der Waals surface area contributed by atoms with Gasteiger partial charge in [-0.2, -0.15) is 0 Å². The summed E-state index contributed by atoms with van der Waals surface area (Å²) in [6.45, 7) is 2.71. The van der Waals surface area contributed by atoms with E-state index in [9.17, 15) is 0 Å². The Bertz CT molecular complexity index is 563. The lowest BCUT2D eigenvalue weighted by molar-refractivity contribution is 0.888. The maximum Gasteiger partial charge on any atom is 0.137 e. The van der Waals surface area contributed by atoms with Gasteiger partial charge in [-0.3, -0.25) is 0 Å². The average molecular weight is 278 g/mol. The van der Waals surface area contributed by atoms with Crippen molar-refractivity contribution in [3.63, 3.8) is 0 Å². The fraction of sp³-hybridized carbons (Fsp3) is 0.462. The van der Waals surface area contributed by atoms with E-state index in [1.165, 1.54) is 12.8 Å². The van der Waals surface area contributed by atoms with E-state index < -0.39 is 0 Å². The van der Waals surface area contributed by atoms with Crippen LogP contribution >= 0.6 is 11.6 Å². The molecule has 19 heavy (non-hydrogen) atoms. The predicted molar refractivity (Wildman–Crippen MR) is 74.5 cm³/mol. The van der Waals surface area contributed by atoms with Crippen LogP contribution in [0.15, 0.2) is 12.4 Å². The fourth-order valence-corrected chi connectivity index (χ4v) is 2.11. The molecule has 1 saturated carbocycles. The molecule has 0 atom stereocenters. The zero-order valence-corrected chi connectivity index (χ0v) is 11.5. The first kappa shape index (κ1) is 12.4. The molecular weight excluding hydrogens is 262 g/mol. The highest BCUT2D eigenvalue weighted by atomic mass is 35.5. The maximum absolute atomic E-state index is 6.16. The van der Waals surface area contributed by atoms with Crippen LogP contribution in [0.2, 0.25) is 5.15 Å². The smallest absolute Gasteiger partial charge is 0.137 e. The Morgan fingerprint density at radius 2 is 2.26 bits per heavy atom. The van der Waals surface area contributed by atoms with Crippen molar-refractivity contribution < 1.29 is 0 Å². The quantitative estimate of drug-likeness (QED) is 0.825. The number of nitrogens with one attached hydrogen (secondary N) is 2. The molecule has 2 N–H and O–H groups in total. The van der Waals surface area contributed by atoms with Gasteiger partial charge in [0, 0.05) is 36.8 Å². The Labute approximate surface area is 116 Å². The number of aromatic nitrogens is 4. The largest absolute Gasteiger partial charge is 0.369 e. The van der Waals surface area contributed by atoms with Gasteiger partial charge in [0.25, 0.3) is 0 Å². The van der Waals surface area contributed by atoms with Crippen molar-refractivity contribution in [1.29, 1.82) is 0 Å². The van der Waals surface area contributed by atoms with E-state index >= 15 is 0 Å². The van der Waals surface area contributed by atoms with Crippen LogP contribution in [0.1, 0.15) is 36.0 Å². The topological polar surface area (TPSA) is 66.5 Å². The first-order valence-corrected chi connectivity index (χ1v) is 6.88. The molecule has 0 bridgehead atoms. The lowest BCUT2D eigenvalue weighted by Crippen LogP contribution is -2.10. The molecule has 0 saturated heterocycles. The number of H-pyrrole nitrogens is 1. The van der Waals surface area contributed by atoms with Crippen LogP contribution in [-0.2, 0) is 6.42 Å². The molecule has 0 radical (unpaired) electrons. The molecule has 1 fully saturated rings. The van der Waals surface area contributed by atoms with Crippen molar-refractivity contribution in [1.82, 2.24) is 19.9 Å². The average Bonchev–Trinajstić information content (AvgIpc) is 3.12. The normalized spacial score (nSPS) is 14.6. The predicted octanol–water partition coefficient (Wildman–Crippen LogP) is 2.69. The van der Waals surface area contributed by atoms with E-state index in [2.05, 4.69) is 25.3 Å². The second kappa shape index (κ2) is 5.17. The Morgan fingerprint density at radius 1 is 1.42 bits per heavy atom. The van der Waals surface area contributed by atoms with Gasteiger partial charge in [-0.15, -0.1) is 0 Å². The third-order valence-electron chi connectivity index (χ3n) is 3.26. The highest BCUT2D eigenvalue weighted by molar-refractivity contribution is 6.30. The Morgan fingerprint density at radius 3 is 2.95 bits per heavy atom. The van der Waals surface area contributed by atoms with E-state index in [0.717, 1.165) is 36.0 Å². The summed E-state index contributed by atoms with van der Waals surface area (Å²) in [4.78, 5) is 16.2. The van der Waals surface area contributed by atoms with Gasteiger partial charge < -0.3 is 10.3 Å². The number of hydrogen-bond acceptors (Lipinski definition) is 4. The molecule has 1 aliphatic carbocycles. The first-order valence-electron chi connectivity index (χ1n) is 6.50. The van der Waals surface area contributed by atoms with Gasteiger partial charge in [0.2, 0.25) is 0 Å². The summed E-state index contributed by atoms with van der Waals surface area (Å²) in [5.74, 6) is 3.18. The minimum atomic E-state index is 0.503. The zero-order chi connectivity index (χ0) is 13.2. The van der Waals surface area contributed by atoms with Crippen LogP contribution in [0.4, 0.5) is 5.82 Å². The van der Waals surface area contributed by atoms with Gasteiger partial charge in [0.1, 0.15) is 22.6 Å². The van der Waals surface area contributed by atoms with Gasteiger partial charge in [-0.05, 0) is 19.8 Å². The van der Waals surface area contributed by atoms with Crippen LogP contribution in [0, 0.1) is 6.92 Å². The molecule has 1 aliphatic rings. The highest BCUT2D eigenvalue weighted by Crippen LogP contribution is 2.39. The minimum absolute atomic E-state index is 0.503. The van der Waals surface area contributed by atoms with Crippen molar-refractivity contribution in [3.8, 4) is 0 Å². The van der Waals surface area contributed by atoms with E-state index in [1.54, 1.807) is 6.20 Å². The number of rotatable bonds is 5. The van der Waals surface area contributed by atoms with E-state index in [1.807, 2.05) is 13.1 Å². The molecule has 6 heteroatoms. The second-order valence-corrected chi connectivity index (χ2v) is 5.19. The van der Waals surface area contributed by atoms with Gasteiger partial charge in [0.15, 0.2) is 0 Å². The molecule has 3 rings (SSSR count). The summed E-state index contributed by atoms with van der Waals surface area (Å²) in [6.07, 6.45) is 6.75. The number of halogens is 1. The lowest BCUT2D eigenvalue weighted by atomic mass is 10.3. The number of imidazole rings is 1. The van der Waals surface area contributed by atoms with E-state index in [4.69, 9.17) is 11.6 Å². The van der Waals surface area contributed by atoms with E-state index in [0.29, 0.717) is 11.1 Å². The molecule has 0 aromatic carbocycles. The summed E-state index contributed by atoms with van der Waals surface area (Å²) < 4.78 is 0. The van der Waals surface area contributed by atoms with Crippen molar-refractivity contribution in [2.75, 3.05) is 11.9 Å². The molecule has 5 nitrogen and oxygen atoms in total. The molecule has 0 spiro atoms.